The van der Waals surface area contributed by atoms with Gasteiger partial charge in [0.05, 0.1) is 18.0 Å². The molecule has 0 spiro atoms. The number of ether oxygens (including phenoxy) is 1. The van der Waals surface area contributed by atoms with Crippen LogP contribution < -0.4 is 5.32 Å². The van der Waals surface area contributed by atoms with Gasteiger partial charge < -0.3 is 10.1 Å². The molecule has 0 bridgehead atoms. The maximum atomic E-state index is 11.9. The van der Waals surface area contributed by atoms with Crippen LogP contribution in [0.15, 0.2) is 28.7 Å². The van der Waals surface area contributed by atoms with Crippen molar-refractivity contribution in [1.82, 2.24) is 20.3 Å². The number of halogens is 1. The van der Waals surface area contributed by atoms with Crippen LogP contribution in [0.25, 0.3) is 5.69 Å². The molecule has 0 saturated carbocycles. The van der Waals surface area contributed by atoms with Crippen molar-refractivity contribution in [3.05, 3.63) is 40.1 Å². The number of methoxy groups -OCH3 is 1. The number of carbonyl (C=O) groups excluding carboxylic acids is 1. The molecule has 6 nitrogen and oxygen atoms in total. The quantitative estimate of drug-likeness (QED) is 0.842. The van der Waals surface area contributed by atoms with E-state index in [4.69, 9.17) is 4.74 Å². The maximum absolute atomic E-state index is 11.9. The minimum atomic E-state index is -0.247. The SMILES string of the molecule is COCCNC(=O)c1nnn(-c2ccc(Br)cc2)c1C. The molecule has 106 valence electrons. The number of rotatable bonds is 5. The lowest BCUT2D eigenvalue weighted by Crippen LogP contribution is -2.27. The first-order chi connectivity index (χ1) is 9.63. The van der Waals surface area contributed by atoms with Crippen LogP contribution in [-0.4, -0.2) is 41.2 Å². The van der Waals surface area contributed by atoms with Gasteiger partial charge in [-0.2, -0.15) is 0 Å². The second-order valence-electron chi connectivity index (χ2n) is 4.16. The van der Waals surface area contributed by atoms with Crippen LogP contribution in [0.1, 0.15) is 16.2 Å². The Morgan fingerprint density at radius 1 is 1.40 bits per heavy atom. The van der Waals surface area contributed by atoms with Crippen LogP contribution in [0.4, 0.5) is 0 Å². The summed E-state index contributed by atoms with van der Waals surface area (Å²) < 4.78 is 7.50. The van der Waals surface area contributed by atoms with E-state index in [1.54, 1.807) is 11.8 Å². The summed E-state index contributed by atoms with van der Waals surface area (Å²) in [5, 5.41) is 10.7. The van der Waals surface area contributed by atoms with Crippen molar-refractivity contribution >= 4 is 21.8 Å². The van der Waals surface area contributed by atoms with E-state index in [0.29, 0.717) is 24.5 Å². The topological polar surface area (TPSA) is 69.0 Å². The Hall–Kier alpha value is -1.73. The lowest BCUT2D eigenvalue weighted by Gasteiger charge is -2.04. The second kappa shape index (κ2) is 6.62. The predicted molar refractivity (Wildman–Crippen MR) is 78.0 cm³/mol. The number of nitrogens with one attached hydrogen (secondary N) is 1. The van der Waals surface area contributed by atoms with E-state index in [1.165, 1.54) is 0 Å². The van der Waals surface area contributed by atoms with E-state index < -0.39 is 0 Å². The summed E-state index contributed by atoms with van der Waals surface area (Å²) in [5.41, 5.74) is 1.88. The van der Waals surface area contributed by atoms with Crippen molar-refractivity contribution in [2.45, 2.75) is 6.92 Å². The van der Waals surface area contributed by atoms with Gasteiger partial charge in [-0.25, -0.2) is 4.68 Å². The molecular weight excluding hydrogens is 324 g/mol. The normalized spacial score (nSPS) is 10.6. The molecule has 1 aromatic heterocycles. The number of hydrogen-bond donors (Lipinski definition) is 1. The number of hydrogen-bond acceptors (Lipinski definition) is 4. The summed E-state index contributed by atoms with van der Waals surface area (Å²) in [7, 11) is 1.58. The molecule has 7 heteroatoms. The number of amides is 1. The summed E-state index contributed by atoms with van der Waals surface area (Å²) in [6.07, 6.45) is 0. The van der Waals surface area contributed by atoms with Gasteiger partial charge in [-0.15, -0.1) is 5.10 Å². The van der Waals surface area contributed by atoms with Crippen molar-refractivity contribution in [3.8, 4) is 5.69 Å². The minimum absolute atomic E-state index is 0.247. The molecular formula is C13H15BrN4O2. The third-order valence-corrected chi connectivity index (χ3v) is 3.30. The van der Waals surface area contributed by atoms with E-state index in [9.17, 15) is 4.79 Å². The Bertz CT molecular complexity index is 595. The molecule has 1 aromatic carbocycles. The van der Waals surface area contributed by atoms with Crippen molar-refractivity contribution in [2.75, 3.05) is 20.3 Å². The number of benzene rings is 1. The summed E-state index contributed by atoms with van der Waals surface area (Å²) in [4.78, 5) is 11.9. The van der Waals surface area contributed by atoms with Gasteiger partial charge in [0, 0.05) is 18.1 Å². The smallest absolute Gasteiger partial charge is 0.273 e. The van der Waals surface area contributed by atoms with Gasteiger partial charge >= 0.3 is 0 Å². The number of carbonyl (C=O) groups is 1. The fraction of sp³-hybridized carbons (Fsp3) is 0.308. The molecule has 0 fully saturated rings. The van der Waals surface area contributed by atoms with Crippen LogP contribution >= 0.6 is 15.9 Å². The molecule has 0 saturated heterocycles. The Morgan fingerprint density at radius 2 is 2.10 bits per heavy atom. The molecule has 1 heterocycles. The van der Waals surface area contributed by atoms with Crippen LogP contribution in [0.3, 0.4) is 0 Å². The van der Waals surface area contributed by atoms with Crippen LogP contribution in [0.5, 0.6) is 0 Å². The number of aromatic nitrogens is 3. The van der Waals surface area contributed by atoms with E-state index in [0.717, 1.165) is 10.2 Å². The molecule has 2 aromatic rings. The highest BCUT2D eigenvalue weighted by Crippen LogP contribution is 2.15. The van der Waals surface area contributed by atoms with E-state index in [-0.39, 0.29) is 5.91 Å². The highest BCUT2D eigenvalue weighted by molar-refractivity contribution is 9.10. The Balaban J connectivity index is 2.18. The Morgan fingerprint density at radius 3 is 2.75 bits per heavy atom. The van der Waals surface area contributed by atoms with Gasteiger partial charge in [-0.05, 0) is 31.2 Å². The standard InChI is InChI=1S/C13H15BrN4O2/c1-9-12(13(19)15-7-8-20-2)16-17-18(9)11-5-3-10(14)4-6-11/h3-6H,7-8H2,1-2H3,(H,15,19). The van der Waals surface area contributed by atoms with E-state index in [2.05, 4.69) is 31.6 Å². The fourth-order valence-corrected chi connectivity index (χ4v) is 1.98. The molecule has 0 aliphatic rings. The highest BCUT2D eigenvalue weighted by atomic mass is 79.9. The molecule has 0 aliphatic heterocycles. The molecule has 1 amide bonds. The van der Waals surface area contributed by atoms with Gasteiger partial charge in [0.2, 0.25) is 0 Å². The summed E-state index contributed by atoms with van der Waals surface area (Å²) >= 11 is 3.38. The number of nitrogens with zero attached hydrogens (tertiary/aromatic N) is 3. The van der Waals surface area contributed by atoms with Crippen LogP contribution in [-0.2, 0) is 4.74 Å². The lowest BCUT2D eigenvalue weighted by molar-refractivity contribution is 0.0931. The zero-order chi connectivity index (χ0) is 14.5. The third-order valence-electron chi connectivity index (χ3n) is 2.77. The Kier molecular flexibility index (Phi) is 4.86. The molecule has 0 unspecified atom stereocenters. The first-order valence-electron chi connectivity index (χ1n) is 6.09. The third kappa shape index (κ3) is 3.23. The molecule has 0 atom stereocenters. The molecule has 0 aliphatic carbocycles. The largest absolute Gasteiger partial charge is 0.383 e. The summed E-state index contributed by atoms with van der Waals surface area (Å²) in [6, 6.07) is 7.63. The van der Waals surface area contributed by atoms with Crippen molar-refractivity contribution in [1.29, 1.82) is 0 Å². The van der Waals surface area contributed by atoms with Gasteiger partial charge in [0.1, 0.15) is 0 Å². The average Bonchev–Trinajstić information content (AvgIpc) is 2.82. The van der Waals surface area contributed by atoms with Crippen molar-refractivity contribution in [2.24, 2.45) is 0 Å². The van der Waals surface area contributed by atoms with Gasteiger partial charge in [-0.3, -0.25) is 4.79 Å². The first kappa shape index (κ1) is 14.7. The van der Waals surface area contributed by atoms with Crippen molar-refractivity contribution in [3.63, 3.8) is 0 Å². The van der Waals surface area contributed by atoms with Crippen LogP contribution in [0.2, 0.25) is 0 Å². The monoisotopic (exact) mass is 338 g/mol. The lowest BCUT2D eigenvalue weighted by atomic mass is 10.3. The molecule has 1 N–H and O–H groups in total. The minimum Gasteiger partial charge on any atom is -0.383 e. The van der Waals surface area contributed by atoms with Gasteiger partial charge in [-0.1, -0.05) is 21.1 Å². The van der Waals surface area contributed by atoms with E-state index >= 15 is 0 Å². The average molecular weight is 339 g/mol. The fourth-order valence-electron chi connectivity index (χ4n) is 1.72. The van der Waals surface area contributed by atoms with Crippen molar-refractivity contribution < 1.29 is 9.53 Å². The molecule has 20 heavy (non-hydrogen) atoms. The van der Waals surface area contributed by atoms with Gasteiger partial charge in [0.25, 0.3) is 5.91 Å². The Labute approximate surface area is 125 Å². The summed E-state index contributed by atoms with van der Waals surface area (Å²) in [6.45, 7) is 2.72. The van der Waals surface area contributed by atoms with E-state index in [1.807, 2.05) is 31.2 Å². The zero-order valence-electron chi connectivity index (χ0n) is 11.3. The maximum Gasteiger partial charge on any atom is 0.273 e. The van der Waals surface area contributed by atoms with Gasteiger partial charge in [0.15, 0.2) is 5.69 Å². The van der Waals surface area contributed by atoms with Crippen LogP contribution in [0, 0.1) is 6.92 Å². The molecule has 2 rings (SSSR count). The highest BCUT2D eigenvalue weighted by Gasteiger charge is 2.16. The second-order valence-corrected chi connectivity index (χ2v) is 5.08. The zero-order valence-corrected chi connectivity index (χ0v) is 12.8. The predicted octanol–water partition coefficient (Wildman–Crippen LogP) is 1.71. The first-order valence-corrected chi connectivity index (χ1v) is 6.88. The summed E-state index contributed by atoms with van der Waals surface area (Å²) in [5.74, 6) is -0.247. The molecule has 0 radical (unpaired) electrons.